The van der Waals surface area contributed by atoms with Gasteiger partial charge in [0.2, 0.25) is 0 Å². The molecule has 5 nitrogen and oxygen atoms in total. The number of carbonyl (C=O) groups is 1. The molecule has 158 valence electrons. The second kappa shape index (κ2) is 9.56. The van der Waals surface area contributed by atoms with Gasteiger partial charge in [-0.25, -0.2) is 0 Å². The first-order valence-corrected chi connectivity index (χ1v) is 11.1. The molecule has 0 spiro atoms. The second-order valence-corrected chi connectivity index (χ2v) is 8.78. The van der Waals surface area contributed by atoms with Crippen molar-refractivity contribution in [2.24, 2.45) is 0 Å². The SMILES string of the molecule is Cc1cccc(OCc2csc(C(=O)Nc3cnn(Cc4ccc(Cl)c(Cl)c4)c3)c2)c1. The van der Waals surface area contributed by atoms with Gasteiger partial charge in [0.15, 0.2) is 0 Å². The van der Waals surface area contributed by atoms with Crippen LogP contribution in [0.1, 0.15) is 26.4 Å². The number of amides is 1. The highest BCUT2D eigenvalue weighted by Gasteiger charge is 2.11. The molecule has 0 saturated heterocycles. The summed E-state index contributed by atoms with van der Waals surface area (Å²) in [7, 11) is 0. The average Bonchev–Trinajstić information content (AvgIpc) is 3.39. The molecule has 2 aromatic heterocycles. The van der Waals surface area contributed by atoms with Crippen LogP contribution in [0.3, 0.4) is 0 Å². The summed E-state index contributed by atoms with van der Waals surface area (Å²) in [6, 6.07) is 15.2. The number of halogens is 2. The maximum Gasteiger partial charge on any atom is 0.265 e. The predicted octanol–water partition coefficient (Wildman–Crippen LogP) is 6.44. The monoisotopic (exact) mass is 471 g/mol. The van der Waals surface area contributed by atoms with Crippen molar-refractivity contribution in [2.45, 2.75) is 20.1 Å². The largest absolute Gasteiger partial charge is 0.489 e. The van der Waals surface area contributed by atoms with E-state index in [-0.39, 0.29) is 5.91 Å². The Balaban J connectivity index is 1.34. The molecule has 8 heteroatoms. The molecule has 0 radical (unpaired) electrons. The molecular weight excluding hydrogens is 453 g/mol. The predicted molar refractivity (Wildman–Crippen MR) is 126 cm³/mol. The third-order valence-corrected chi connectivity index (χ3v) is 6.21. The number of rotatable bonds is 7. The second-order valence-electron chi connectivity index (χ2n) is 7.05. The quantitative estimate of drug-likeness (QED) is 0.337. The van der Waals surface area contributed by atoms with Crippen LogP contribution < -0.4 is 10.1 Å². The number of carbonyl (C=O) groups excluding carboxylic acids is 1. The van der Waals surface area contributed by atoms with Gasteiger partial charge in [0.05, 0.1) is 33.4 Å². The molecule has 0 aliphatic heterocycles. The molecule has 1 N–H and O–H groups in total. The van der Waals surface area contributed by atoms with E-state index in [1.54, 1.807) is 29.2 Å². The molecule has 0 bridgehead atoms. The third-order valence-electron chi connectivity index (χ3n) is 4.49. The molecule has 0 saturated carbocycles. The first-order valence-electron chi connectivity index (χ1n) is 9.51. The zero-order valence-electron chi connectivity index (χ0n) is 16.6. The van der Waals surface area contributed by atoms with Crippen LogP contribution in [-0.2, 0) is 13.2 Å². The Morgan fingerprint density at radius 2 is 2.00 bits per heavy atom. The lowest BCUT2D eigenvalue weighted by atomic mass is 10.2. The van der Waals surface area contributed by atoms with Crippen molar-refractivity contribution in [3.8, 4) is 5.75 Å². The summed E-state index contributed by atoms with van der Waals surface area (Å²) in [6.45, 7) is 2.95. The van der Waals surface area contributed by atoms with E-state index in [0.29, 0.717) is 33.8 Å². The Bertz CT molecular complexity index is 1220. The van der Waals surface area contributed by atoms with Gasteiger partial charge < -0.3 is 10.1 Å². The summed E-state index contributed by atoms with van der Waals surface area (Å²) in [6.07, 6.45) is 3.39. The van der Waals surface area contributed by atoms with Gasteiger partial charge in [-0.2, -0.15) is 5.10 Å². The number of anilines is 1. The molecular formula is C23H19Cl2N3O2S. The number of aryl methyl sites for hydroxylation is 1. The van der Waals surface area contributed by atoms with E-state index in [9.17, 15) is 4.79 Å². The zero-order chi connectivity index (χ0) is 21.8. The van der Waals surface area contributed by atoms with Gasteiger partial charge >= 0.3 is 0 Å². The van der Waals surface area contributed by atoms with Crippen LogP contribution in [0.25, 0.3) is 0 Å². The van der Waals surface area contributed by atoms with E-state index in [0.717, 1.165) is 22.4 Å². The van der Waals surface area contributed by atoms with E-state index in [2.05, 4.69) is 10.4 Å². The maximum atomic E-state index is 12.6. The molecule has 0 aliphatic rings. The molecule has 2 heterocycles. The van der Waals surface area contributed by atoms with Crippen molar-refractivity contribution in [2.75, 3.05) is 5.32 Å². The number of hydrogen-bond donors (Lipinski definition) is 1. The summed E-state index contributed by atoms with van der Waals surface area (Å²) in [5.74, 6) is 0.632. The molecule has 4 aromatic rings. The summed E-state index contributed by atoms with van der Waals surface area (Å²) >= 11 is 13.4. The van der Waals surface area contributed by atoms with Gasteiger partial charge in [-0.05, 0) is 53.8 Å². The fourth-order valence-corrected chi connectivity index (χ4v) is 4.09. The highest BCUT2D eigenvalue weighted by molar-refractivity contribution is 7.12. The average molecular weight is 472 g/mol. The van der Waals surface area contributed by atoms with Crippen LogP contribution in [0.15, 0.2) is 66.3 Å². The van der Waals surface area contributed by atoms with Crippen LogP contribution in [0.5, 0.6) is 5.75 Å². The van der Waals surface area contributed by atoms with Crippen LogP contribution >= 0.6 is 34.5 Å². The molecule has 0 atom stereocenters. The molecule has 31 heavy (non-hydrogen) atoms. The van der Waals surface area contributed by atoms with E-state index >= 15 is 0 Å². The normalized spacial score (nSPS) is 10.8. The Kier molecular flexibility index (Phi) is 6.61. The van der Waals surface area contributed by atoms with Crippen LogP contribution in [0.4, 0.5) is 5.69 Å². The lowest BCUT2D eigenvalue weighted by Gasteiger charge is -2.05. The van der Waals surface area contributed by atoms with Gasteiger partial charge in [0.1, 0.15) is 12.4 Å². The molecule has 1 amide bonds. The zero-order valence-corrected chi connectivity index (χ0v) is 19.0. The molecule has 0 fully saturated rings. The lowest BCUT2D eigenvalue weighted by molar-refractivity contribution is 0.103. The third kappa shape index (κ3) is 5.67. The van der Waals surface area contributed by atoms with Gasteiger partial charge in [0, 0.05) is 11.8 Å². The number of benzene rings is 2. The molecule has 4 rings (SSSR count). The van der Waals surface area contributed by atoms with Gasteiger partial charge in [-0.3, -0.25) is 9.48 Å². The number of ether oxygens (including phenoxy) is 1. The minimum Gasteiger partial charge on any atom is -0.489 e. The summed E-state index contributed by atoms with van der Waals surface area (Å²) in [5, 5.41) is 10.1. The van der Waals surface area contributed by atoms with Crippen molar-refractivity contribution in [3.63, 3.8) is 0 Å². The number of aromatic nitrogens is 2. The minimum atomic E-state index is -0.180. The first-order chi connectivity index (χ1) is 15.0. The van der Waals surface area contributed by atoms with Crippen molar-refractivity contribution < 1.29 is 9.53 Å². The van der Waals surface area contributed by atoms with Crippen LogP contribution in [-0.4, -0.2) is 15.7 Å². The Hall–Kier alpha value is -2.80. The van der Waals surface area contributed by atoms with Gasteiger partial charge in [-0.15, -0.1) is 11.3 Å². The van der Waals surface area contributed by atoms with Gasteiger partial charge in [-0.1, -0.05) is 41.4 Å². The fraction of sp³-hybridized carbons (Fsp3) is 0.130. The summed E-state index contributed by atoms with van der Waals surface area (Å²) in [4.78, 5) is 13.2. The summed E-state index contributed by atoms with van der Waals surface area (Å²) in [5.41, 5.74) is 3.68. The van der Waals surface area contributed by atoms with Crippen molar-refractivity contribution in [3.05, 3.63) is 97.9 Å². The molecule has 2 aromatic carbocycles. The Labute approximate surface area is 194 Å². The van der Waals surface area contributed by atoms with E-state index in [1.807, 2.05) is 48.7 Å². The number of thiophene rings is 1. The van der Waals surface area contributed by atoms with Gasteiger partial charge in [0.25, 0.3) is 5.91 Å². The van der Waals surface area contributed by atoms with Crippen molar-refractivity contribution >= 4 is 46.1 Å². The highest BCUT2D eigenvalue weighted by atomic mass is 35.5. The first kappa shape index (κ1) is 21.4. The summed E-state index contributed by atoms with van der Waals surface area (Å²) < 4.78 is 7.53. The van der Waals surface area contributed by atoms with E-state index < -0.39 is 0 Å². The van der Waals surface area contributed by atoms with Crippen molar-refractivity contribution in [1.29, 1.82) is 0 Å². The minimum absolute atomic E-state index is 0.180. The standard InChI is InChI=1S/C23H19Cl2N3O2S/c1-15-3-2-4-19(7-15)30-13-17-9-22(31-14-17)23(29)27-18-10-26-28(12-18)11-16-5-6-20(24)21(25)8-16/h2-10,12,14H,11,13H2,1H3,(H,27,29). The number of nitrogens with one attached hydrogen (secondary N) is 1. The Morgan fingerprint density at radius 3 is 2.81 bits per heavy atom. The number of hydrogen-bond acceptors (Lipinski definition) is 4. The lowest BCUT2D eigenvalue weighted by Crippen LogP contribution is -2.09. The molecule has 0 aliphatic carbocycles. The Morgan fingerprint density at radius 1 is 1.13 bits per heavy atom. The van der Waals surface area contributed by atoms with E-state index in [4.69, 9.17) is 27.9 Å². The van der Waals surface area contributed by atoms with E-state index in [1.165, 1.54) is 11.3 Å². The maximum absolute atomic E-state index is 12.6. The smallest absolute Gasteiger partial charge is 0.265 e. The fourth-order valence-electron chi connectivity index (χ4n) is 2.97. The van der Waals surface area contributed by atoms with Crippen molar-refractivity contribution in [1.82, 2.24) is 9.78 Å². The van der Waals surface area contributed by atoms with Crippen LogP contribution in [0.2, 0.25) is 10.0 Å². The molecule has 0 unspecified atom stereocenters. The highest BCUT2D eigenvalue weighted by Crippen LogP contribution is 2.23. The topological polar surface area (TPSA) is 56.1 Å². The van der Waals surface area contributed by atoms with Crippen LogP contribution in [0, 0.1) is 6.92 Å². The number of nitrogens with zero attached hydrogens (tertiary/aromatic N) is 2.